The molecule has 0 unspecified atom stereocenters. The molecular weight excluding hydrogens is 1060 g/mol. The van der Waals surface area contributed by atoms with Gasteiger partial charge in [-0.3, -0.25) is 24.7 Å². The number of hydrogen-bond donors (Lipinski definition) is 4. The topological polar surface area (TPSA) is 230 Å². The number of amides is 1. The Morgan fingerprint density at radius 2 is 1.76 bits per heavy atom. The quantitative estimate of drug-likeness (QED) is 0.0555. The molecule has 3 aromatic carbocycles. The van der Waals surface area contributed by atoms with Crippen molar-refractivity contribution in [1.82, 2.24) is 29.5 Å². The highest BCUT2D eigenvalue weighted by Gasteiger charge is 2.55. The van der Waals surface area contributed by atoms with E-state index in [1.54, 1.807) is 20.3 Å². The second kappa shape index (κ2) is 22.3. The molecule has 0 bridgehead atoms. The van der Waals surface area contributed by atoms with Gasteiger partial charge in [0.1, 0.15) is 23.1 Å². The molecule has 6 aliphatic rings. The molecule has 7 heterocycles. The summed E-state index contributed by atoms with van der Waals surface area (Å²) < 4.78 is 54.4. The van der Waals surface area contributed by atoms with Gasteiger partial charge in [0.25, 0.3) is 27.5 Å². The number of H-pyrrole nitrogens is 1. The number of aromatic amines is 1. The fourth-order valence-corrected chi connectivity index (χ4v) is 15.1. The van der Waals surface area contributed by atoms with Gasteiger partial charge in [0.05, 0.1) is 53.5 Å². The summed E-state index contributed by atoms with van der Waals surface area (Å²) >= 11 is 0. The standard InChI is InChI=1S/C61H74N10O10S/c1-38-8-6-7-9-45(38)53-36-67(35-41-28-54(78-4)59(79-5)64-34-41)25-26-69(53)52-32-61(39(52)2)20-23-68(24-21-61)43-10-12-46(49(30-43)70-48-17-27-80-37-55(48)81-58-51(70)29-42-16-22-62-56(42)65-58)57(72)66-82(76,77)44-11-13-47(50(31-44)71(74)75)63-33-40-14-18-60(3,73)19-15-40/h6-13,16,22,28-31,34,39-40,48,52-53,55,63,73H,14-15,17-21,23-27,32-33,35-37H2,1-5H3,(H,62,65)(H,66,72)/t39-,40?,48+,52+,53+,55+,60?/m1/s1. The number of aromatic nitrogens is 3. The first kappa shape index (κ1) is 55.5. The first-order chi connectivity index (χ1) is 39.5. The van der Waals surface area contributed by atoms with E-state index in [1.807, 2.05) is 49.6 Å². The van der Waals surface area contributed by atoms with Gasteiger partial charge in [0.2, 0.25) is 5.88 Å². The molecule has 3 aromatic heterocycles. The number of nitro groups is 1. The van der Waals surface area contributed by atoms with E-state index < -0.39 is 43.1 Å². The molecule has 2 saturated carbocycles. The van der Waals surface area contributed by atoms with E-state index in [1.165, 1.54) is 23.3 Å². The number of nitrogens with zero attached hydrogens (tertiary/aromatic N) is 7. The summed E-state index contributed by atoms with van der Waals surface area (Å²) in [6.07, 6.45) is 9.65. The smallest absolute Gasteiger partial charge is 0.293 e. The Morgan fingerprint density at radius 3 is 2.51 bits per heavy atom. The van der Waals surface area contributed by atoms with Gasteiger partial charge in [-0.25, -0.2) is 18.1 Å². The van der Waals surface area contributed by atoms with Crippen molar-refractivity contribution < 1.29 is 42.2 Å². The van der Waals surface area contributed by atoms with Crippen LogP contribution in [0.3, 0.4) is 0 Å². The van der Waals surface area contributed by atoms with Gasteiger partial charge in [-0.1, -0.05) is 31.2 Å². The Hall–Kier alpha value is -7.04. The lowest BCUT2D eigenvalue weighted by Crippen LogP contribution is -2.64. The van der Waals surface area contributed by atoms with Crippen LogP contribution >= 0.6 is 0 Å². The molecule has 5 fully saturated rings. The summed E-state index contributed by atoms with van der Waals surface area (Å²) in [5.41, 5.74) is 5.68. The first-order valence-corrected chi connectivity index (χ1v) is 30.3. The summed E-state index contributed by atoms with van der Waals surface area (Å²) in [6, 6.07) is 24.3. The van der Waals surface area contributed by atoms with Crippen molar-refractivity contribution in [1.29, 1.82) is 0 Å². The second-order valence-electron chi connectivity index (χ2n) is 23.9. The number of ether oxygens (including phenoxy) is 4. The van der Waals surface area contributed by atoms with Crippen LogP contribution in [0.25, 0.3) is 11.0 Å². The number of carbonyl (C=O) groups excluding carboxylic acids is 1. The third-order valence-electron chi connectivity index (χ3n) is 19.0. The van der Waals surface area contributed by atoms with Gasteiger partial charge in [0.15, 0.2) is 5.75 Å². The third-order valence-corrected chi connectivity index (χ3v) is 20.3. The van der Waals surface area contributed by atoms with E-state index in [0.717, 1.165) is 94.1 Å². The molecule has 4 N–H and O–H groups in total. The summed E-state index contributed by atoms with van der Waals surface area (Å²) in [4.78, 5) is 48.6. The maximum absolute atomic E-state index is 14.9. The van der Waals surface area contributed by atoms with E-state index in [2.05, 4.69) is 77.7 Å². The van der Waals surface area contributed by atoms with Crippen LogP contribution in [-0.2, 0) is 21.3 Å². The minimum absolute atomic E-state index is 0.103. The number of fused-ring (bicyclic) bond motifs is 3. The Balaban J connectivity index is 0.800. The summed E-state index contributed by atoms with van der Waals surface area (Å²) in [5, 5.41) is 26.9. The van der Waals surface area contributed by atoms with E-state index in [4.69, 9.17) is 23.9 Å². The molecule has 21 heteroatoms. The number of carbonyl (C=O) groups is 1. The molecule has 20 nitrogen and oxygen atoms in total. The molecule has 12 rings (SSSR count). The SMILES string of the molecule is COc1cc(CN2CCN([C@H]3CC4(CCN(c5ccc(C(=O)NS(=O)(=O)c6ccc(NCC7CCC(C)(O)CC7)c([N+](=O)[O-])c6)c(N6c7cc8cc[nH]c8nc7O[C@H]7COCC[C@@H]76)c5)CC4)[C@@H]3C)[C@H](c3ccccc3C)C2)cnc1OC. The highest BCUT2D eigenvalue weighted by molar-refractivity contribution is 7.90. The lowest BCUT2D eigenvalue weighted by atomic mass is 9.53. The van der Waals surface area contributed by atoms with Crippen LogP contribution in [-0.4, -0.2) is 140 Å². The lowest BCUT2D eigenvalue weighted by molar-refractivity contribution is -0.384. The van der Waals surface area contributed by atoms with Crippen molar-refractivity contribution in [2.75, 3.05) is 81.8 Å². The fraction of sp³-hybridized carbons (Fsp3) is 0.492. The van der Waals surface area contributed by atoms with Gasteiger partial charge in [-0.05, 0) is 148 Å². The van der Waals surface area contributed by atoms with E-state index in [0.29, 0.717) is 85.5 Å². The lowest BCUT2D eigenvalue weighted by Gasteiger charge is -2.62. The number of aryl methyl sites for hydroxylation is 1. The van der Waals surface area contributed by atoms with E-state index >= 15 is 0 Å². The number of aliphatic hydroxyl groups is 1. The molecule has 3 saturated heterocycles. The zero-order valence-corrected chi connectivity index (χ0v) is 48.1. The van der Waals surface area contributed by atoms with Crippen molar-refractivity contribution in [3.8, 4) is 17.5 Å². The van der Waals surface area contributed by atoms with Gasteiger partial charge in [-0.15, -0.1) is 0 Å². The average molecular weight is 1140 g/mol. The summed E-state index contributed by atoms with van der Waals surface area (Å²) in [7, 11) is -1.41. The fourth-order valence-electron chi connectivity index (χ4n) is 14.1. The average Bonchev–Trinajstić information content (AvgIpc) is 1.61. The van der Waals surface area contributed by atoms with Crippen LogP contribution in [0.4, 0.5) is 28.4 Å². The van der Waals surface area contributed by atoms with Crippen molar-refractivity contribution in [2.45, 2.75) is 113 Å². The second-order valence-corrected chi connectivity index (χ2v) is 25.6. The molecule has 1 amide bonds. The minimum Gasteiger partial charge on any atom is -0.491 e. The predicted molar refractivity (Wildman–Crippen MR) is 312 cm³/mol. The predicted octanol–water partition coefficient (Wildman–Crippen LogP) is 8.91. The molecule has 434 valence electrons. The molecule has 0 radical (unpaired) electrons. The number of nitrogens with one attached hydrogen (secondary N) is 3. The van der Waals surface area contributed by atoms with Gasteiger partial charge < -0.3 is 44.2 Å². The van der Waals surface area contributed by atoms with Crippen LogP contribution in [0, 0.1) is 34.3 Å². The molecule has 4 aliphatic heterocycles. The minimum atomic E-state index is -4.65. The Bertz CT molecular complexity index is 3490. The highest BCUT2D eigenvalue weighted by Crippen LogP contribution is 2.57. The largest absolute Gasteiger partial charge is 0.491 e. The monoisotopic (exact) mass is 1140 g/mol. The maximum atomic E-state index is 14.9. The Labute approximate surface area is 478 Å². The van der Waals surface area contributed by atoms with Crippen molar-refractivity contribution >= 4 is 55.4 Å². The zero-order chi connectivity index (χ0) is 57.1. The number of anilines is 4. The molecule has 6 aromatic rings. The first-order valence-electron chi connectivity index (χ1n) is 28.8. The number of pyridine rings is 2. The third kappa shape index (κ3) is 10.7. The van der Waals surface area contributed by atoms with E-state index in [-0.39, 0.29) is 34.7 Å². The van der Waals surface area contributed by atoms with Crippen molar-refractivity contribution in [2.24, 2.45) is 17.3 Å². The number of piperidine rings is 1. The summed E-state index contributed by atoms with van der Waals surface area (Å²) in [5.74, 6) is 1.21. The molecule has 1 spiro atoms. The van der Waals surface area contributed by atoms with Crippen LogP contribution in [0.5, 0.6) is 17.5 Å². The molecular formula is C61H74N10O10S. The van der Waals surface area contributed by atoms with Gasteiger partial charge in [-0.2, -0.15) is 4.98 Å². The molecule has 5 atom stereocenters. The van der Waals surface area contributed by atoms with Gasteiger partial charge in [0, 0.05) is 94.0 Å². The van der Waals surface area contributed by atoms with Crippen molar-refractivity contribution in [3.63, 3.8) is 0 Å². The summed E-state index contributed by atoms with van der Waals surface area (Å²) in [6.45, 7) is 12.8. The maximum Gasteiger partial charge on any atom is 0.293 e. The van der Waals surface area contributed by atoms with Gasteiger partial charge >= 0.3 is 0 Å². The van der Waals surface area contributed by atoms with Crippen LogP contribution in [0.15, 0.2) is 96.2 Å². The van der Waals surface area contributed by atoms with Crippen LogP contribution in [0.1, 0.15) is 98.3 Å². The number of methoxy groups -OCH3 is 2. The number of hydrogen-bond acceptors (Lipinski definition) is 17. The number of sulfonamides is 1. The molecule has 82 heavy (non-hydrogen) atoms. The molecule has 2 aliphatic carbocycles. The van der Waals surface area contributed by atoms with E-state index in [9.17, 15) is 28.4 Å². The normalized spacial score (nSPS) is 25.6. The number of rotatable bonds is 15. The highest BCUT2D eigenvalue weighted by atomic mass is 32.2. The zero-order valence-electron chi connectivity index (χ0n) is 47.3. The number of benzene rings is 3. The van der Waals surface area contributed by atoms with Crippen LogP contribution < -0.4 is 34.0 Å². The Kier molecular flexibility index (Phi) is 15.1. The Morgan fingerprint density at radius 1 is 0.951 bits per heavy atom. The van der Waals surface area contributed by atoms with Crippen LogP contribution in [0.2, 0.25) is 0 Å². The number of piperazine rings is 1. The van der Waals surface area contributed by atoms with Crippen molar-refractivity contribution in [3.05, 3.63) is 124 Å². The number of nitro benzene ring substituents is 1.